The van der Waals surface area contributed by atoms with Crippen molar-refractivity contribution < 1.29 is 19.4 Å². The summed E-state index contributed by atoms with van der Waals surface area (Å²) >= 11 is 0. The quantitative estimate of drug-likeness (QED) is 0.0521. The summed E-state index contributed by atoms with van der Waals surface area (Å²) < 4.78 is 11.2. The molecular weight excluding hydrogens is 580 g/mol. The molecule has 0 spiro atoms. The molecule has 1 atom stereocenters. The van der Waals surface area contributed by atoms with Crippen molar-refractivity contribution in [2.24, 2.45) is 0 Å². The largest absolute Gasteiger partial charge is 0.457 e. The van der Waals surface area contributed by atoms with Crippen LogP contribution in [-0.2, 0) is 14.3 Å². The monoisotopic (exact) mass is 667 g/mol. The lowest BCUT2D eigenvalue weighted by Gasteiger charge is -2.16. The molecular formula is C43H86O4. The van der Waals surface area contributed by atoms with E-state index in [-0.39, 0.29) is 12.6 Å². The van der Waals surface area contributed by atoms with Crippen LogP contribution in [0.1, 0.15) is 245 Å². The maximum Gasteiger partial charge on any atom is 0.306 e. The zero-order chi connectivity index (χ0) is 34.1. The second kappa shape index (κ2) is 41.6. The number of hydrogen-bond acceptors (Lipinski definition) is 4. The van der Waals surface area contributed by atoms with Gasteiger partial charge in [0.05, 0.1) is 13.2 Å². The molecule has 0 heterocycles. The summed E-state index contributed by atoms with van der Waals surface area (Å²) in [5, 5.41) is 9.59. The zero-order valence-electron chi connectivity index (χ0n) is 32.3. The highest BCUT2D eigenvalue weighted by Gasteiger charge is 2.13. The highest BCUT2D eigenvalue weighted by Crippen LogP contribution is 2.16. The van der Waals surface area contributed by atoms with Crippen molar-refractivity contribution in [2.75, 3.05) is 19.8 Å². The molecule has 4 heteroatoms. The van der Waals surface area contributed by atoms with Gasteiger partial charge in [-0.25, -0.2) is 0 Å². The maximum atomic E-state index is 12.2. The van der Waals surface area contributed by atoms with Crippen molar-refractivity contribution in [1.82, 2.24) is 0 Å². The van der Waals surface area contributed by atoms with E-state index in [1.807, 2.05) is 0 Å². The predicted octanol–water partition coefficient (Wildman–Crippen LogP) is 14.0. The molecule has 1 N–H and O–H groups in total. The SMILES string of the molecule is CCCCCCCCCCCCCCCCCCCCCCCOCC(CO)OC(=O)CCCCCCCCCCCCCCCC. The Balaban J connectivity index is 3.33. The number of hydrogen-bond donors (Lipinski definition) is 1. The van der Waals surface area contributed by atoms with Crippen LogP contribution in [0.15, 0.2) is 0 Å². The molecule has 0 bridgehead atoms. The van der Waals surface area contributed by atoms with E-state index in [9.17, 15) is 9.90 Å². The molecule has 0 aromatic heterocycles. The number of unbranched alkanes of at least 4 members (excludes halogenated alkanes) is 33. The number of carbonyl (C=O) groups excluding carboxylic acids is 1. The second-order valence-electron chi connectivity index (χ2n) is 14.8. The highest BCUT2D eigenvalue weighted by molar-refractivity contribution is 5.69. The van der Waals surface area contributed by atoms with Gasteiger partial charge in [-0.3, -0.25) is 4.79 Å². The van der Waals surface area contributed by atoms with Crippen molar-refractivity contribution in [1.29, 1.82) is 0 Å². The van der Waals surface area contributed by atoms with E-state index in [2.05, 4.69) is 13.8 Å². The number of aliphatic hydroxyl groups is 1. The molecule has 0 fully saturated rings. The first-order valence-corrected chi connectivity index (χ1v) is 21.6. The lowest BCUT2D eigenvalue weighted by Crippen LogP contribution is -2.27. The zero-order valence-corrected chi connectivity index (χ0v) is 32.3. The molecule has 0 saturated heterocycles. The molecule has 4 nitrogen and oxygen atoms in total. The average molecular weight is 667 g/mol. The van der Waals surface area contributed by atoms with Gasteiger partial charge >= 0.3 is 5.97 Å². The molecule has 1 unspecified atom stereocenters. The molecule has 0 saturated carbocycles. The molecule has 0 radical (unpaired) electrons. The van der Waals surface area contributed by atoms with Gasteiger partial charge in [0, 0.05) is 13.0 Å². The summed E-state index contributed by atoms with van der Waals surface area (Å²) in [6, 6.07) is 0. The molecule has 0 aliphatic heterocycles. The number of ether oxygens (including phenoxy) is 2. The summed E-state index contributed by atoms with van der Waals surface area (Å²) in [6.07, 6.45) is 47.4. The van der Waals surface area contributed by atoms with Crippen LogP contribution in [0.2, 0.25) is 0 Å². The van der Waals surface area contributed by atoms with Crippen LogP contribution in [-0.4, -0.2) is 37.0 Å². The van der Waals surface area contributed by atoms with Gasteiger partial charge in [0.2, 0.25) is 0 Å². The molecule has 0 aromatic carbocycles. The topological polar surface area (TPSA) is 55.8 Å². The highest BCUT2D eigenvalue weighted by atomic mass is 16.6. The normalized spacial score (nSPS) is 12.1. The Kier molecular flexibility index (Phi) is 41.0. The van der Waals surface area contributed by atoms with E-state index in [1.165, 1.54) is 205 Å². The molecule has 0 aliphatic rings. The van der Waals surface area contributed by atoms with Gasteiger partial charge < -0.3 is 14.6 Å². The summed E-state index contributed by atoms with van der Waals surface area (Å²) in [7, 11) is 0. The van der Waals surface area contributed by atoms with Crippen molar-refractivity contribution in [2.45, 2.75) is 251 Å². The average Bonchev–Trinajstić information content (AvgIpc) is 3.08. The fourth-order valence-electron chi connectivity index (χ4n) is 6.68. The number of esters is 1. The van der Waals surface area contributed by atoms with Gasteiger partial charge in [-0.2, -0.15) is 0 Å². The number of rotatable bonds is 41. The van der Waals surface area contributed by atoms with Crippen molar-refractivity contribution in [3.8, 4) is 0 Å². The Morgan fingerprint density at radius 2 is 0.702 bits per heavy atom. The molecule has 0 amide bonds. The molecule has 282 valence electrons. The Bertz CT molecular complexity index is 580. The summed E-state index contributed by atoms with van der Waals surface area (Å²) in [5.41, 5.74) is 0. The van der Waals surface area contributed by atoms with Crippen molar-refractivity contribution in [3.05, 3.63) is 0 Å². The van der Waals surface area contributed by atoms with E-state index in [4.69, 9.17) is 9.47 Å². The van der Waals surface area contributed by atoms with E-state index in [0.717, 1.165) is 19.3 Å². The van der Waals surface area contributed by atoms with Crippen LogP contribution in [0.5, 0.6) is 0 Å². The fourth-order valence-corrected chi connectivity index (χ4v) is 6.68. The second-order valence-corrected chi connectivity index (χ2v) is 14.8. The first-order valence-electron chi connectivity index (χ1n) is 21.6. The standard InChI is InChI=1S/C43H86O4/c1-3-5-7-9-11-13-15-17-19-20-21-22-23-24-25-27-29-31-33-35-37-39-46-41-42(40-44)47-43(45)38-36-34-32-30-28-26-18-16-14-12-10-8-6-4-2/h42,44H,3-41H2,1-2H3. The third-order valence-electron chi connectivity index (χ3n) is 9.93. The van der Waals surface area contributed by atoms with Gasteiger partial charge in [0.15, 0.2) is 0 Å². The van der Waals surface area contributed by atoms with Crippen LogP contribution in [0.25, 0.3) is 0 Å². The Labute approximate surface area is 295 Å². The lowest BCUT2D eigenvalue weighted by atomic mass is 10.0. The lowest BCUT2D eigenvalue weighted by molar-refractivity contribution is -0.154. The predicted molar refractivity (Wildman–Crippen MR) is 205 cm³/mol. The molecule has 0 aromatic rings. The molecule has 47 heavy (non-hydrogen) atoms. The number of carbonyl (C=O) groups is 1. The van der Waals surface area contributed by atoms with Gasteiger partial charge in [-0.05, 0) is 12.8 Å². The minimum atomic E-state index is -0.524. The van der Waals surface area contributed by atoms with Gasteiger partial charge in [0.1, 0.15) is 6.10 Å². The first-order chi connectivity index (χ1) is 23.2. The molecule has 0 aliphatic carbocycles. The first kappa shape index (κ1) is 46.4. The number of aliphatic hydroxyl groups excluding tert-OH is 1. The van der Waals surface area contributed by atoms with E-state index in [0.29, 0.717) is 19.6 Å². The van der Waals surface area contributed by atoms with Crippen LogP contribution in [0.3, 0.4) is 0 Å². The van der Waals surface area contributed by atoms with Gasteiger partial charge in [-0.15, -0.1) is 0 Å². The van der Waals surface area contributed by atoms with Crippen LogP contribution in [0.4, 0.5) is 0 Å². The van der Waals surface area contributed by atoms with Crippen LogP contribution in [0, 0.1) is 0 Å². The van der Waals surface area contributed by atoms with E-state index in [1.54, 1.807) is 0 Å². The third-order valence-corrected chi connectivity index (χ3v) is 9.93. The van der Waals surface area contributed by atoms with Crippen LogP contribution >= 0.6 is 0 Å². The molecule has 0 rings (SSSR count). The Morgan fingerprint density at radius 1 is 0.426 bits per heavy atom. The Morgan fingerprint density at radius 3 is 1.00 bits per heavy atom. The minimum Gasteiger partial charge on any atom is -0.457 e. The fraction of sp³-hybridized carbons (Fsp3) is 0.977. The van der Waals surface area contributed by atoms with Crippen molar-refractivity contribution >= 4 is 5.97 Å². The van der Waals surface area contributed by atoms with Crippen LogP contribution < -0.4 is 0 Å². The Hall–Kier alpha value is -0.610. The van der Waals surface area contributed by atoms with Gasteiger partial charge in [0.25, 0.3) is 0 Å². The minimum absolute atomic E-state index is 0.163. The van der Waals surface area contributed by atoms with Crippen molar-refractivity contribution in [3.63, 3.8) is 0 Å². The van der Waals surface area contributed by atoms with E-state index < -0.39 is 6.10 Å². The van der Waals surface area contributed by atoms with Gasteiger partial charge in [-0.1, -0.05) is 226 Å². The summed E-state index contributed by atoms with van der Waals surface area (Å²) in [4.78, 5) is 12.2. The maximum absolute atomic E-state index is 12.2. The summed E-state index contributed by atoms with van der Waals surface area (Å²) in [6.45, 7) is 5.40. The van der Waals surface area contributed by atoms with E-state index >= 15 is 0 Å². The third kappa shape index (κ3) is 39.7. The smallest absolute Gasteiger partial charge is 0.306 e. The summed E-state index contributed by atoms with van der Waals surface area (Å²) in [5.74, 6) is -0.194.